The highest BCUT2D eigenvalue weighted by molar-refractivity contribution is 7.89. The molecule has 0 bridgehead atoms. The SMILES string of the molecule is O=C(CCNS(=O)(=O)c1ccc(Cl)c(C(F)(F)F)c1)N1CCCCC1. The number of carbonyl (C=O) groups excluding carboxylic acids is 1. The van der Waals surface area contributed by atoms with Gasteiger partial charge in [0.05, 0.1) is 15.5 Å². The van der Waals surface area contributed by atoms with Gasteiger partial charge in [-0.25, -0.2) is 13.1 Å². The Labute approximate surface area is 149 Å². The van der Waals surface area contributed by atoms with E-state index in [1.807, 2.05) is 0 Å². The minimum absolute atomic E-state index is 0.0427. The van der Waals surface area contributed by atoms with Crippen LogP contribution in [0.25, 0.3) is 0 Å². The Bertz CT molecular complexity index is 732. The summed E-state index contributed by atoms with van der Waals surface area (Å²) in [5.74, 6) is -0.172. The van der Waals surface area contributed by atoms with Crippen LogP contribution in [-0.4, -0.2) is 38.9 Å². The van der Waals surface area contributed by atoms with Crippen molar-refractivity contribution in [3.05, 3.63) is 28.8 Å². The third-order valence-corrected chi connectivity index (χ3v) is 5.68. The molecule has 5 nitrogen and oxygen atoms in total. The van der Waals surface area contributed by atoms with Gasteiger partial charge in [0.2, 0.25) is 15.9 Å². The summed E-state index contributed by atoms with van der Waals surface area (Å²) in [5, 5.41) is -0.577. The summed E-state index contributed by atoms with van der Waals surface area (Å²) < 4.78 is 64.9. The zero-order valence-electron chi connectivity index (χ0n) is 13.3. The number of piperidine rings is 1. The molecule has 1 aliphatic heterocycles. The van der Waals surface area contributed by atoms with E-state index in [2.05, 4.69) is 4.72 Å². The van der Waals surface area contributed by atoms with Crippen LogP contribution in [-0.2, 0) is 21.0 Å². The molecule has 140 valence electrons. The van der Waals surface area contributed by atoms with Crippen molar-refractivity contribution in [2.24, 2.45) is 0 Å². The summed E-state index contributed by atoms with van der Waals surface area (Å²) in [6.07, 6.45) is -1.90. The fraction of sp³-hybridized carbons (Fsp3) is 0.533. The molecule has 0 saturated carbocycles. The molecule has 25 heavy (non-hydrogen) atoms. The summed E-state index contributed by atoms with van der Waals surface area (Å²) in [6, 6.07) is 2.36. The Balaban J connectivity index is 2.01. The van der Waals surface area contributed by atoms with Gasteiger partial charge >= 0.3 is 6.18 Å². The molecule has 0 radical (unpaired) electrons. The second kappa shape index (κ2) is 7.92. The Hall–Kier alpha value is -1.32. The van der Waals surface area contributed by atoms with E-state index in [0.717, 1.165) is 31.4 Å². The van der Waals surface area contributed by atoms with Crippen molar-refractivity contribution in [2.75, 3.05) is 19.6 Å². The molecule has 0 spiro atoms. The minimum Gasteiger partial charge on any atom is -0.343 e. The summed E-state index contributed by atoms with van der Waals surface area (Å²) in [5.41, 5.74) is -1.22. The lowest BCUT2D eigenvalue weighted by molar-refractivity contribution is -0.137. The largest absolute Gasteiger partial charge is 0.417 e. The van der Waals surface area contributed by atoms with E-state index in [1.165, 1.54) is 0 Å². The minimum atomic E-state index is -4.76. The lowest BCUT2D eigenvalue weighted by atomic mass is 10.1. The lowest BCUT2D eigenvalue weighted by Gasteiger charge is -2.26. The van der Waals surface area contributed by atoms with Gasteiger partial charge in [-0.3, -0.25) is 4.79 Å². The number of carbonyl (C=O) groups is 1. The number of benzene rings is 1. The van der Waals surface area contributed by atoms with Crippen LogP contribution >= 0.6 is 11.6 Å². The molecule has 0 aliphatic carbocycles. The first-order valence-corrected chi connectivity index (χ1v) is 9.61. The van der Waals surface area contributed by atoms with Gasteiger partial charge in [0.15, 0.2) is 0 Å². The van der Waals surface area contributed by atoms with Crippen LogP contribution in [0.1, 0.15) is 31.2 Å². The number of likely N-dealkylation sites (tertiary alicyclic amines) is 1. The van der Waals surface area contributed by atoms with Crippen LogP contribution in [0.5, 0.6) is 0 Å². The third kappa shape index (κ3) is 5.32. The molecule has 1 heterocycles. The average molecular weight is 399 g/mol. The summed E-state index contributed by atoms with van der Waals surface area (Å²) in [7, 11) is -4.17. The van der Waals surface area contributed by atoms with Crippen molar-refractivity contribution in [2.45, 2.75) is 36.8 Å². The summed E-state index contributed by atoms with van der Waals surface area (Å²) >= 11 is 5.48. The highest BCUT2D eigenvalue weighted by atomic mass is 35.5. The van der Waals surface area contributed by atoms with Crippen molar-refractivity contribution in [1.82, 2.24) is 9.62 Å². The van der Waals surface area contributed by atoms with Crippen molar-refractivity contribution >= 4 is 27.5 Å². The predicted molar refractivity (Wildman–Crippen MR) is 86.7 cm³/mol. The number of halogens is 4. The van der Waals surface area contributed by atoms with Crippen molar-refractivity contribution in [3.63, 3.8) is 0 Å². The molecule has 0 aromatic heterocycles. The van der Waals surface area contributed by atoms with E-state index < -0.39 is 31.7 Å². The average Bonchev–Trinajstić information content (AvgIpc) is 2.54. The molecule has 2 rings (SSSR count). The molecule has 1 N–H and O–H groups in total. The second-order valence-electron chi connectivity index (χ2n) is 5.73. The normalized spacial score (nSPS) is 16.1. The van der Waals surface area contributed by atoms with Crippen LogP contribution in [0.2, 0.25) is 5.02 Å². The Morgan fingerprint density at radius 3 is 2.44 bits per heavy atom. The van der Waals surface area contributed by atoms with E-state index in [-0.39, 0.29) is 18.9 Å². The second-order valence-corrected chi connectivity index (χ2v) is 7.90. The molecule has 1 amide bonds. The van der Waals surface area contributed by atoms with Gasteiger partial charge in [-0.05, 0) is 37.5 Å². The van der Waals surface area contributed by atoms with Crippen molar-refractivity contribution in [3.8, 4) is 0 Å². The van der Waals surface area contributed by atoms with Crippen molar-refractivity contribution in [1.29, 1.82) is 0 Å². The fourth-order valence-electron chi connectivity index (χ4n) is 2.57. The summed E-state index contributed by atoms with van der Waals surface area (Å²) in [6.45, 7) is 1.12. The molecular weight excluding hydrogens is 381 g/mol. The smallest absolute Gasteiger partial charge is 0.343 e. The standard InChI is InChI=1S/C15H18ClF3N2O3S/c16-13-5-4-11(10-12(13)15(17,18)19)25(23,24)20-7-6-14(22)21-8-2-1-3-9-21/h4-5,10,20H,1-3,6-9H2. The zero-order chi connectivity index (χ0) is 18.7. The van der Waals surface area contributed by atoms with Gasteiger partial charge < -0.3 is 4.90 Å². The molecule has 0 atom stereocenters. The molecule has 0 unspecified atom stereocenters. The number of nitrogens with zero attached hydrogens (tertiary/aromatic N) is 1. The molecule has 1 fully saturated rings. The quantitative estimate of drug-likeness (QED) is 0.829. The number of alkyl halides is 3. The van der Waals surface area contributed by atoms with Crippen LogP contribution in [0.3, 0.4) is 0 Å². The van der Waals surface area contributed by atoms with E-state index in [1.54, 1.807) is 4.90 Å². The van der Waals surface area contributed by atoms with Crippen LogP contribution in [0.4, 0.5) is 13.2 Å². The maximum atomic E-state index is 12.8. The first-order valence-electron chi connectivity index (χ1n) is 7.75. The van der Waals surface area contributed by atoms with Gasteiger partial charge in [0, 0.05) is 26.1 Å². The van der Waals surface area contributed by atoms with Crippen LogP contribution in [0.15, 0.2) is 23.1 Å². The first-order chi connectivity index (χ1) is 11.6. The van der Waals surface area contributed by atoms with Gasteiger partial charge in [0.25, 0.3) is 0 Å². The van der Waals surface area contributed by atoms with E-state index in [0.29, 0.717) is 19.2 Å². The number of hydrogen-bond acceptors (Lipinski definition) is 3. The van der Waals surface area contributed by atoms with E-state index in [9.17, 15) is 26.4 Å². The maximum absolute atomic E-state index is 12.8. The monoisotopic (exact) mass is 398 g/mol. The number of sulfonamides is 1. The van der Waals surface area contributed by atoms with Crippen molar-refractivity contribution < 1.29 is 26.4 Å². The van der Waals surface area contributed by atoms with Gasteiger partial charge in [0.1, 0.15) is 0 Å². The van der Waals surface area contributed by atoms with Crippen LogP contribution in [0, 0.1) is 0 Å². The van der Waals surface area contributed by atoms with Gasteiger partial charge in [-0.15, -0.1) is 0 Å². The Morgan fingerprint density at radius 2 is 1.84 bits per heavy atom. The maximum Gasteiger partial charge on any atom is 0.417 e. The highest BCUT2D eigenvalue weighted by Gasteiger charge is 2.34. The predicted octanol–water partition coefficient (Wildman–Crippen LogP) is 3.04. The number of rotatable bonds is 5. The highest BCUT2D eigenvalue weighted by Crippen LogP contribution is 2.35. The topological polar surface area (TPSA) is 66.5 Å². The Kier molecular flexibility index (Phi) is 6.34. The molecular formula is C15H18ClF3N2O3S. The van der Waals surface area contributed by atoms with E-state index >= 15 is 0 Å². The lowest BCUT2D eigenvalue weighted by Crippen LogP contribution is -2.37. The van der Waals surface area contributed by atoms with Gasteiger partial charge in [-0.2, -0.15) is 13.2 Å². The van der Waals surface area contributed by atoms with Crippen LogP contribution < -0.4 is 4.72 Å². The fourth-order valence-corrected chi connectivity index (χ4v) is 3.85. The molecule has 1 aromatic carbocycles. The number of nitrogens with one attached hydrogen (secondary N) is 1. The summed E-state index contributed by atoms with van der Waals surface area (Å²) in [4.78, 5) is 13.1. The zero-order valence-corrected chi connectivity index (χ0v) is 14.8. The van der Waals surface area contributed by atoms with E-state index in [4.69, 9.17) is 11.6 Å². The Morgan fingerprint density at radius 1 is 1.20 bits per heavy atom. The molecule has 1 aliphatic rings. The molecule has 1 saturated heterocycles. The van der Waals surface area contributed by atoms with Gasteiger partial charge in [-0.1, -0.05) is 11.6 Å². The number of amides is 1. The third-order valence-electron chi connectivity index (χ3n) is 3.89. The number of hydrogen-bond donors (Lipinski definition) is 1. The molecule has 1 aromatic rings. The first kappa shape index (κ1) is 20.0. The molecule has 10 heteroatoms.